The molecule has 1 aliphatic heterocycles. The van der Waals surface area contributed by atoms with E-state index in [1.165, 1.54) is 0 Å². The highest BCUT2D eigenvalue weighted by Crippen LogP contribution is 2.16. The van der Waals surface area contributed by atoms with Gasteiger partial charge in [0.15, 0.2) is 0 Å². The summed E-state index contributed by atoms with van der Waals surface area (Å²) in [5.41, 5.74) is 0. The van der Waals surface area contributed by atoms with Gasteiger partial charge in [-0.3, -0.25) is 10.2 Å². The van der Waals surface area contributed by atoms with Crippen LogP contribution in [0, 0.1) is 0 Å². The molecule has 1 fully saturated rings. The normalized spacial score (nSPS) is 15.8. The van der Waals surface area contributed by atoms with E-state index >= 15 is 0 Å². The number of aryl methyl sites for hydroxylation is 1. The summed E-state index contributed by atoms with van der Waals surface area (Å²) in [5.74, 6) is 1.14. The average Bonchev–Trinajstić information content (AvgIpc) is 3.24. The minimum absolute atomic E-state index is 0.00924. The molecule has 1 aliphatic rings. The van der Waals surface area contributed by atoms with Crippen LogP contribution in [-0.2, 0) is 13.0 Å². The highest BCUT2D eigenvalue weighted by atomic mass is 32.1. The Kier molecular flexibility index (Phi) is 5.30. The molecule has 1 N–H and O–H groups in total. The SMILES string of the molecule is CCc1nccn1CCN1CCN(C(=O)Nc2cccs2)CC1. The molecule has 0 aromatic carbocycles. The highest BCUT2D eigenvalue weighted by Gasteiger charge is 2.21. The molecule has 0 radical (unpaired) electrons. The van der Waals surface area contributed by atoms with Gasteiger partial charge in [-0.15, -0.1) is 11.3 Å². The molecule has 3 heterocycles. The molecule has 2 aromatic rings. The zero-order valence-corrected chi connectivity index (χ0v) is 14.3. The highest BCUT2D eigenvalue weighted by molar-refractivity contribution is 7.14. The van der Waals surface area contributed by atoms with Gasteiger partial charge in [0, 0.05) is 58.1 Å². The fourth-order valence-electron chi connectivity index (χ4n) is 2.82. The monoisotopic (exact) mass is 333 g/mol. The molecule has 0 unspecified atom stereocenters. The first-order valence-corrected chi connectivity index (χ1v) is 8.96. The number of hydrogen-bond donors (Lipinski definition) is 1. The van der Waals surface area contributed by atoms with E-state index in [4.69, 9.17) is 0 Å². The summed E-state index contributed by atoms with van der Waals surface area (Å²) in [7, 11) is 0. The first kappa shape index (κ1) is 16.0. The van der Waals surface area contributed by atoms with E-state index in [2.05, 4.69) is 26.7 Å². The Hall–Kier alpha value is -1.86. The number of nitrogens with one attached hydrogen (secondary N) is 1. The topological polar surface area (TPSA) is 53.4 Å². The molecule has 0 atom stereocenters. The average molecular weight is 333 g/mol. The Bertz CT molecular complexity index is 616. The third-order valence-corrected chi connectivity index (χ3v) is 4.97. The fraction of sp³-hybridized carbons (Fsp3) is 0.500. The Morgan fingerprint density at radius 1 is 1.30 bits per heavy atom. The molecule has 23 heavy (non-hydrogen) atoms. The van der Waals surface area contributed by atoms with E-state index in [9.17, 15) is 4.79 Å². The number of nitrogens with zero attached hydrogens (tertiary/aromatic N) is 4. The summed E-state index contributed by atoms with van der Waals surface area (Å²) >= 11 is 1.55. The van der Waals surface area contributed by atoms with E-state index in [1.54, 1.807) is 11.3 Å². The van der Waals surface area contributed by atoms with Crippen molar-refractivity contribution in [3.8, 4) is 0 Å². The third-order valence-electron chi connectivity index (χ3n) is 4.19. The molecule has 2 aromatic heterocycles. The number of hydrogen-bond acceptors (Lipinski definition) is 4. The van der Waals surface area contributed by atoms with Crippen molar-refractivity contribution in [2.45, 2.75) is 19.9 Å². The second-order valence-electron chi connectivity index (χ2n) is 5.63. The molecule has 0 saturated carbocycles. The van der Waals surface area contributed by atoms with Gasteiger partial charge in [0.25, 0.3) is 0 Å². The van der Waals surface area contributed by atoms with Crippen molar-refractivity contribution in [1.82, 2.24) is 19.4 Å². The van der Waals surface area contributed by atoms with Crippen molar-refractivity contribution in [2.24, 2.45) is 0 Å². The van der Waals surface area contributed by atoms with Crippen molar-refractivity contribution < 1.29 is 4.79 Å². The van der Waals surface area contributed by atoms with Crippen molar-refractivity contribution >= 4 is 22.4 Å². The number of imidazole rings is 1. The summed E-state index contributed by atoms with van der Waals surface area (Å²) in [5, 5.41) is 5.82. The summed E-state index contributed by atoms with van der Waals surface area (Å²) in [6, 6.07) is 3.88. The van der Waals surface area contributed by atoms with Gasteiger partial charge < -0.3 is 9.47 Å². The van der Waals surface area contributed by atoms with Gasteiger partial charge in [-0.2, -0.15) is 0 Å². The number of amides is 2. The van der Waals surface area contributed by atoms with Crippen LogP contribution in [0.25, 0.3) is 0 Å². The smallest absolute Gasteiger partial charge is 0.322 e. The van der Waals surface area contributed by atoms with Gasteiger partial charge >= 0.3 is 6.03 Å². The van der Waals surface area contributed by atoms with Crippen LogP contribution in [0.4, 0.5) is 9.80 Å². The van der Waals surface area contributed by atoms with Crippen LogP contribution in [0.1, 0.15) is 12.7 Å². The standard InChI is InChI=1S/C16H23N5OS/c1-2-14-17-5-6-20(14)10-7-19-8-11-21(12-9-19)16(22)18-15-4-3-13-23-15/h3-6,13H,2,7-12H2,1H3,(H,18,22). The number of aromatic nitrogens is 2. The first-order chi connectivity index (χ1) is 11.3. The summed E-state index contributed by atoms with van der Waals surface area (Å²) in [6.45, 7) is 7.50. The van der Waals surface area contributed by atoms with Crippen molar-refractivity contribution in [3.63, 3.8) is 0 Å². The lowest BCUT2D eigenvalue weighted by molar-refractivity contribution is 0.144. The molecule has 6 nitrogen and oxygen atoms in total. The van der Waals surface area contributed by atoms with Gasteiger partial charge in [-0.1, -0.05) is 6.92 Å². The molecule has 1 saturated heterocycles. The van der Waals surface area contributed by atoms with Gasteiger partial charge in [0.05, 0.1) is 5.00 Å². The maximum absolute atomic E-state index is 12.2. The van der Waals surface area contributed by atoms with Crippen molar-refractivity contribution in [1.29, 1.82) is 0 Å². The van der Waals surface area contributed by atoms with E-state index in [0.717, 1.165) is 56.5 Å². The van der Waals surface area contributed by atoms with Gasteiger partial charge in [-0.05, 0) is 17.5 Å². The lowest BCUT2D eigenvalue weighted by Crippen LogP contribution is -2.50. The Labute approximate surface area is 140 Å². The second-order valence-corrected chi connectivity index (χ2v) is 6.57. The molecule has 0 aliphatic carbocycles. The molecular weight excluding hydrogens is 310 g/mol. The van der Waals surface area contributed by atoms with E-state index in [1.807, 2.05) is 34.8 Å². The quantitative estimate of drug-likeness (QED) is 0.914. The molecular formula is C16H23N5OS. The van der Waals surface area contributed by atoms with E-state index in [0.29, 0.717) is 0 Å². The second kappa shape index (κ2) is 7.61. The summed E-state index contributed by atoms with van der Waals surface area (Å²) < 4.78 is 2.22. The fourth-order valence-corrected chi connectivity index (χ4v) is 3.42. The molecule has 7 heteroatoms. The largest absolute Gasteiger partial charge is 0.334 e. The predicted octanol–water partition coefficient (Wildman–Crippen LogP) is 2.36. The number of urea groups is 1. The number of thiophene rings is 1. The number of anilines is 1. The van der Waals surface area contributed by atoms with E-state index < -0.39 is 0 Å². The van der Waals surface area contributed by atoms with Crippen LogP contribution in [0.15, 0.2) is 29.9 Å². The van der Waals surface area contributed by atoms with Crippen LogP contribution in [-0.4, -0.2) is 58.1 Å². The first-order valence-electron chi connectivity index (χ1n) is 8.08. The number of rotatable bonds is 5. The number of carbonyl (C=O) groups excluding carboxylic acids is 1. The Morgan fingerprint density at radius 3 is 2.83 bits per heavy atom. The third kappa shape index (κ3) is 4.11. The lowest BCUT2D eigenvalue weighted by atomic mass is 10.3. The summed E-state index contributed by atoms with van der Waals surface area (Å²) in [6.07, 6.45) is 4.87. The molecule has 3 rings (SSSR count). The summed E-state index contributed by atoms with van der Waals surface area (Å²) in [4.78, 5) is 20.8. The zero-order valence-electron chi connectivity index (χ0n) is 13.4. The maximum atomic E-state index is 12.2. The van der Waals surface area contributed by atoms with Gasteiger partial charge in [0.2, 0.25) is 0 Å². The number of carbonyl (C=O) groups is 1. The lowest BCUT2D eigenvalue weighted by Gasteiger charge is -2.34. The van der Waals surface area contributed by atoms with E-state index in [-0.39, 0.29) is 6.03 Å². The van der Waals surface area contributed by atoms with Crippen LogP contribution in [0.3, 0.4) is 0 Å². The zero-order chi connectivity index (χ0) is 16.1. The Morgan fingerprint density at radius 2 is 2.13 bits per heavy atom. The predicted molar refractivity (Wildman–Crippen MR) is 93.0 cm³/mol. The maximum Gasteiger partial charge on any atom is 0.322 e. The molecule has 0 bridgehead atoms. The van der Waals surface area contributed by atoms with Crippen LogP contribution >= 0.6 is 11.3 Å². The van der Waals surface area contributed by atoms with Gasteiger partial charge in [0.1, 0.15) is 5.82 Å². The van der Waals surface area contributed by atoms with Crippen LogP contribution in [0.2, 0.25) is 0 Å². The molecule has 0 spiro atoms. The number of piperazine rings is 1. The van der Waals surface area contributed by atoms with Crippen molar-refractivity contribution in [3.05, 3.63) is 35.7 Å². The van der Waals surface area contributed by atoms with Crippen LogP contribution in [0.5, 0.6) is 0 Å². The van der Waals surface area contributed by atoms with Gasteiger partial charge in [-0.25, -0.2) is 9.78 Å². The molecule has 2 amide bonds. The minimum atomic E-state index is 0.00924. The molecule has 124 valence electrons. The minimum Gasteiger partial charge on any atom is -0.334 e. The van der Waals surface area contributed by atoms with Crippen molar-refractivity contribution in [2.75, 3.05) is 38.0 Å². The Balaban J connectivity index is 1.42. The van der Waals surface area contributed by atoms with Crippen LogP contribution < -0.4 is 5.32 Å².